The van der Waals surface area contributed by atoms with Crippen LogP contribution < -0.4 is 0 Å². The molecule has 1 saturated carbocycles. The molecule has 1 aromatic carbocycles. The van der Waals surface area contributed by atoms with E-state index in [1.54, 1.807) is 0 Å². The van der Waals surface area contributed by atoms with Gasteiger partial charge in [-0.3, -0.25) is 0 Å². The molecular formula is C22H27Cl2N. The number of hydrogen-bond acceptors (Lipinski definition) is 1. The Morgan fingerprint density at radius 3 is 2.16 bits per heavy atom. The summed E-state index contributed by atoms with van der Waals surface area (Å²) in [4.78, 5) is 4.20. The smallest absolute Gasteiger partial charge is 0.147 e. The first-order valence-corrected chi connectivity index (χ1v) is 10.3. The Labute approximate surface area is 161 Å². The number of benzene rings is 1. The molecule has 1 aliphatic carbocycles. The number of nitrogens with zero attached hydrogens (tertiary/aromatic N) is 1. The second-order valence-corrected chi connectivity index (χ2v) is 8.05. The molecule has 0 spiro atoms. The van der Waals surface area contributed by atoms with Crippen LogP contribution in [0.25, 0.3) is 0 Å². The summed E-state index contributed by atoms with van der Waals surface area (Å²) in [6, 6.07) is 11.4. The SMILES string of the molecule is CCCCCc1ccc([C@H]2CC[C@H](c3cnc(Cl)c(Cl)c3)CC2)cc1. The van der Waals surface area contributed by atoms with Crippen molar-refractivity contribution in [2.75, 3.05) is 0 Å². The van der Waals surface area contributed by atoms with Crippen LogP contribution in [0.2, 0.25) is 10.2 Å². The van der Waals surface area contributed by atoms with Gasteiger partial charge in [-0.1, -0.05) is 67.2 Å². The predicted octanol–water partition coefficient (Wildman–Crippen LogP) is 7.56. The summed E-state index contributed by atoms with van der Waals surface area (Å²) in [5.74, 6) is 1.25. The molecule has 0 radical (unpaired) electrons. The molecule has 1 fully saturated rings. The minimum atomic E-state index is 0.401. The van der Waals surface area contributed by atoms with Gasteiger partial charge in [-0.25, -0.2) is 4.98 Å². The lowest BCUT2D eigenvalue weighted by Crippen LogP contribution is -2.12. The van der Waals surface area contributed by atoms with E-state index in [1.165, 1.54) is 68.1 Å². The highest BCUT2D eigenvalue weighted by atomic mass is 35.5. The van der Waals surface area contributed by atoms with Gasteiger partial charge in [0.05, 0.1) is 5.02 Å². The first kappa shape index (κ1) is 18.7. The highest BCUT2D eigenvalue weighted by Gasteiger charge is 2.24. The van der Waals surface area contributed by atoms with Crippen LogP contribution in [-0.4, -0.2) is 4.98 Å². The zero-order valence-electron chi connectivity index (χ0n) is 15.0. The van der Waals surface area contributed by atoms with Gasteiger partial charge in [-0.15, -0.1) is 0 Å². The Bertz CT molecular complexity index is 673. The summed E-state index contributed by atoms with van der Waals surface area (Å²) in [7, 11) is 0. The van der Waals surface area contributed by atoms with Crippen molar-refractivity contribution in [3.8, 4) is 0 Å². The van der Waals surface area contributed by atoms with E-state index in [9.17, 15) is 0 Å². The maximum Gasteiger partial charge on any atom is 0.147 e. The second-order valence-electron chi connectivity index (χ2n) is 7.29. The largest absolute Gasteiger partial charge is 0.243 e. The molecule has 25 heavy (non-hydrogen) atoms. The van der Waals surface area contributed by atoms with Crippen molar-refractivity contribution in [3.05, 3.63) is 63.4 Å². The monoisotopic (exact) mass is 375 g/mol. The Kier molecular flexibility index (Phi) is 6.78. The van der Waals surface area contributed by atoms with Gasteiger partial charge in [0.2, 0.25) is 0 Å². The Hall–Kier alpha value is -1.05. The van der Waals surface area contributed by atoms with Crippen molar-refractivity contribution in [1.82, 2.24) is 4.98 Å². The average molecular weight is 376 g/mol. The lowest BCUT2D eigenvalue weighted by molar-refractivity contribution is 0.396. The fourth-order valence-corrected chi connectivity index (χ4v) is 4.23. The highest BCUT2D eigenvalue weighted by Crippen LogP contribution is 2.41. The van der Waals surface area contributed by atoms with Crippen molar-refractivity contribution in [1.29, 1.82) is 0 Å². The van der Waals surface area contributed by atoms with Crippen molar-refractivity contribution < 1.29 is 0 Å². The summed E-state index contributed by atoms with van der Waals surface area (Å²) in [6.07, 6.45) is 11.9. The number of pyridine rings is 1. The zero-order valence-corrected chi connectivity index (χ0v) is 16.5. The molecule has 1 heterocycles. The number of aryl methyl sites for hydroxylation is 1. The van der Waals surface area contributed by atoms with Gasteiger partial charge in [0, 0.05) is 6.20 Å². The van der Waals surface area contributed by atoms with Crippen molar-refractivity contribution in [3.63, 3.8) is 0 Å². The summed E-state index contributed by atoms with van der Waals surface area (Å²) < 4.78 is 0. The van der Waals surface area contributed by atoms with Gasteiger partial charge >= 0.3 is 0 Å². The van der Waals surface area contributed by atoms with Crippen molar-refractivity contribution >= 4 is 23.2 Å². The van der Waals surface area contributed by atoms with E-state index < -0.39 is 0 Å². The standard InChI is InChI=1S/C22H27Cl2N/c1-2-3-4-5-16-6-8-17(9-7-16)18-10-12-19(13-11-18)20-14-21(23)22(24)25-15-20/h6-9,14-15,18-19H,2-5,10-13H2,1H3/t18-,19-. The molecule has 1 aromatic heterocycles. The molecule has 3 rings (SSSR count). The van der Waals surface area contributed by atoms with Crippen LogP contribution in [0.3, 0.4) is 0 Å². The molecule has 1 aliphatic rings. The normalized spacial score (nSPS) is 20.6. The molecule has 134 valence electrons. The lowest BCUT2D eigenvalue weighted by atomic mass is 9.76. The third kappa shape index (κ3) is 4.99. The quantitative estimate of drug-likeness (QED) is 0.374. The maximum absolute atomic E-state index is 6.12. The maximum atomic E-state index is 6.12. The molecule has 0 N–H and O–H groups in total. The van der Waals surface area contributed by atoms with Gasteiger partial charge in [0.1, 0.15) is 5.15 Å². The number of unbranched alkanes of at least 4 members (excludes halogenated alkanes) is 2. The zero-order chi connectivity index (χ0) is 17.6. The lowest BCUT2D eigenvalue weighted by Gasteiger charge is -2.29. The van der Waals surface area contributed by atoms with Gasteiger partial charge < -0.3 is 0 Å². The molecule has 1 nitrogen and oxygen atoms in total. The molecule has 3 heteroatoms. The van der Waals surface area contributed by atoms with Crippen LogP contribution in [0.1, 0.15) is 80.4 Å². The van der Waals surface area contributed by atoms with Crippen LogP contribution >= 0.6 is 23.2 Å². The molecule has 0 saturated heterocycles. The van der Waals surface area contributed by atoms with E-state index >= 15 is 0 Å². The van der Waals surface area contributed by atoms with Crippen LogP contribution in [-0.2, 0) is 6.42 Å². The van der Waals surface area contributed by atoms with Crippen LogP contribution in [0.5, 0.6) is 0 Å². The fraction of sp³-hybridized carbons (Fsp3) is 0.500. The molecule has 0 amide bonds. The van der Waals surface area contributed by atoms with E-state index in [-0.39, 0.29) is 0 Å². The third-order valence-electron chi connectivity index (χ3n) is 5.54. The van der Waals surface area contributed by atoms with Gasteiger partial charge in [0.25, 0.3) is 0 Å². The summed E-state index contributed by atoms with van der Waals surface area (Å²) in [5, 5.41) is 0.970. The minimum absolute atomic E-state index is 0.401. The molecule has 0 atom stereocenters. The topological polar surface area (TPSA) is 12.9 Å². The van der Waals surface area contributed by atoms with Crippen LogP contribution in [0.15, 0.2) is 36.5 Å². The summed E-state index contributed by atoms with van der Waals surface area (Å²) in [5.41, 5.74) is 4.22. The van der Waals surface area contributed by atoms with Crippen LogP contribution in [0, 0.1) is 0 Å². The molecule has 0 bridgehead atoms. The van der Waals surface area contributed by atoms with Gasteiger partial charge in [-0.05, 0) is 73.1 Å². The Morgan fingerprint density at radius 1 is 0.920 bits per heavy atom. The van der Waals surface area contributed by atoms with E-state index in [0.29, 0.717) is 22.0 Å². The van der Waals surface area contributed by atoms with Gasteiger partial charge in [-0.2, -0.15) is 0 Å². The third-order valence-corrected chi connectivity index (χ3v) is 6.22. The van der Waals surface area contributed by atoms with Crippen molar-refractivity contribution in [2.45, 2.75) is 70.1 Å². The number of halogens is 2. The molecule has 0 unspecified atom stereocenters. The van der Waals surface area contributed by atoms with E-state index in [0.717, 1.165) is 0 Å². The molecule has 0 aliphatic heterocycles. The molecular weight excluding hydrogens is 349 g/mol. The Balaban J connectivity index is 1.55. The summed E-state index contributed by atoms with van der Waals surface area (Å²) >= 11 is 12.1. The number of hydrogen-bond donors (Lipinski definition) is 0. The number of rotatable bonds is 6. The highest BCUT2D eigenvalue weighted by molar-refractivity contribution is 6.41. The van der Waals surface area contributed by atoms with Crippen molar-refractivity contribution in [2.24, 2.45) is 0 Å². The first-order chi connectivity index (χ1) is 12.2. The fourth-order valence-electron chi connectivity index (χ4n) is 3.95. The van der Waals surface area contributed by atoms with E-state index in [1.807, 2.05) is 12.3 Å². The summed E-state index contributed by atoms with van der Waals surface area (Å²) in [6.45, 7) is 2.26. The van der Waals surface area contributed by atoms with E-state index in [2.05, 4.69) is 36.2 Å². The molecule has 2 aromatic rings. The van der Waals surface area contributed by atoms with E-state index in [4.69, 9.17) is 23.2 Å². The Morgan fingerprint density at radius 2 is 1.56 bits per heavy atom. The van der Waals surface area contributed by atoms with Crippen LogP contribution in [0.4, 0.5) is 0 Å². The average Bonchev–Trinajstić information content (AvgIpc) is 2.65. The van der Waals surface area contributed by atoms with Gasteiger partial charge in [0.15, 0.2) is 0 Å². The second kappa shape index (κ2) is 9.05. The number of aromatic nitrogens is 1. The minimum Gasteiger partial charge on any atom is -0.243 e. The first-order valence-electron chi connectivity index (χ1n) is 9.57. The predicted molar refractivity (Wildman–Crippen MR) is 108 cm³/mol.